The minimum atomic E-state index is -0.711. The van der Waals surface area contributed by atoms with Crippen LogP contribution in [0.3, 0.4) is 0 Å². The molecule has 21 heavy (non-hydrogen) atoms. The fourth-order valence-corrected chi connectivity index (χ4v) is 2.07. The predicted molar refractivity (Wildman–Crippen MR) is 82.6 cm³/mol. The standard InChI is InChI=1S/C16H14N4O/c1-11-15(20-19-12-7-3-2-4-8-12)16(21)18-14-10-6-5-9-13(14)17-11/h2-10,15H,1H3,(H,18,21). The summed E-state index contributed by atoms with van der Waals surface area (Å²) in [5.41, 5.74) is 2.76. The highest BCUT2D eigenvalue weighted by atomic mass is 16.2. The molecule has 1 heterocycles. The van der Waals surface area contributed by atoms with E-state index in [4.69, 9.17) is 0 Å². The third-order valence-corrected chi connectivity index (χ3v) is 3.15. The van der Waals surface area contributed by atoms with Crippen molar-refractivity contribution in [3.63, 3.8) is 0 Å². The Morgan fingerprint density at radius 3 is 2.57 bits per heavy atom. The van der Waals surface area contributed by atoms with Crippen LogP contribution in [0.25, 0.3) is 0 Å². The Kier molecular flexibility index (Phi) is 3.55. The van der Waals surface area contributed by atoms with Crippen molar-refractivity contribution in [2.45, 2.75) is 13.0 Å². The highest BCUT2D eigenvalue weighted by molar-refractivity contribution is 6.15. The van der Waals surface area contributed by atoms with E-state index in [0.29, 0.717) is 17.1 Å². The molecule has 2 aromatic rings. The van der Waals surface area contributed by atoms with E-state index in [9.17, 15) is 4.79 Å². The zero-order valence-electron chi connectivity index (χ0n) is 11.5. The Hall–Kier alpha value is -2.82. The molecule has 2 aromatic carbocycles. The van der Waals surface area contributed by atoms with Gasteiger partial charge in [0.15, 0.2) is 6.04 Å². The molecule has 0 spiro atoms. The SMILES string of the molecule is CC1=Nc2ccccc2NC(=O)C1N=Nc1ccccc1. The van der Waals surface area contributed by atoms with Crippen LogP contribution in [-0.4, -0.2) is 17.7 Å². The molecule has 5 heteroatoms. The number of hydrogen-bond acceptors (Lipinski definition) is 4. The number of benzene rings is 2. The molecular formula is C16H14N4O. The number of rotatable bonds is 2. The lowest BCUT2D eigenvalue weighted by Gasteiger charge is -2.07. The first kappa shape index (κ1) is 13.2. The molecule has 0 radical (unpaired) electrons. The van der Waals surface area contributed by atoms with Gasteiger partial charge in [-0.25, -0.2) is 0 Å². The van der Waals surface area contributed by atoms with E-state index in [1.165, 1.54) is 0 Å². The monoisotopic (exact) mass is 278 g/mol. The molecule has 104 valence electrons. The summed E-state index contributed by atoms with van der Waals surface area (Å²) in [5, 5.41) is 11.1. The van der Waals surface area contributed by atoms with Crippen molar-refractivity contribution in [1.82, 2.24) is 0 Å². The van der Waals surface area contributed by atoms with Crippen molar-refractivity contribution in [3.8, 4) is 0 Å². The minimum Gasteiger partial charge on any atom is -0.322 e. The normalized spacial score (nSPS) is 17.9. The summed E-state index contributed by atoms with van der Waals surface area (Å²) in [6.45, 7) is 1.79. The summed E-state index contributed by atoms with van der Waals surface area (Å²) in [6.07, 6.45) is 0. The van der Waals surface area contributed by atoms with Crippen LogP contribution in [0, 0.1) is 0 Å². The molecule has 5 nitrogen and oxygen atoms in total. The largest absolute Gasteiger partial charge is 0.322 e. The Morgan fingerprint density at radius 1 is 1.05 bits per heavy atom. The average molecular weight is 278 g/mol. The summed E-state index contributed by atoms with van der Waals surface area (Å²) in [7, 11) is 0. The van der Waals surface area contributed by atoms with E-state index in [0.717, 1.165) is 5.69 Å². The number of anilines is 1. The van der Waals surface area contributed by atoms with Crippen LogP contribution in [-0.2, 0) is 4.79 Å². The third-order valence-electron chi connectivity index (χ3n) is 3.15. The average Bonchev–Trinajstić information content (AvgIpc) is 2.62. The second-order valence-corrected chi connectivity index (χ2v) is 4.71. The lowest BCUT2D eigenvalue weighted by atomic mass is 10.2. The molecule has 1 aliphatic rings. The van der Waals surface area contributed by atoms with Crippen molar-refractivity contribution in [1.29, 1.82) is 0 Å². The number of amides is 1. The van der Waals surface area contributed by atoms with Crippen LogP contribution >= 0.6 is 0 Å². The molecule has 0 aliphatic carbocycles. The molecule has 0 fully saturated rings. The zero-order valence-corrected chi connectivity index (χ0v) is 11.5. The molecule has 0 aromatic heterocycles. The zero-order chi connectivity index (χ0) is 14.7. The van der Waals surface area contributed by atoms with Gasteiger partial charge in [0.2, 0.25) is 0 Å². The number of carbonyl (C=O) groups excluding carboxylic acids is 1. The van der Waals surface area contributed by atoms with Crippen molar-refractivity contribution in [3.05, 3.63) is 54.6 Å². The van der Waals surface area contributed by atoms with E-state index in [1.807, 2.05) is 54.6 Å². The number of fused-ring (bicyclic) bond motifs is 1. The summed E-state index contributed by atoms with van der Waals surface area (Å²) < 4.78 is 0. The molecule has 0 saturated heterocycles. The van der Waals surface area contributed by atoms with E-state index in [1.54, 1.807) is 6.92 Å². The lowest BCUT2D eigenvalue weighted by molar-refractivity contribution is -0.116. The van der Waals surface area contributed by atoms with Gasteiger partial charge in [0.1, 0.15) is 0 Å². The summed E-state index contributed by atoms with van der Waals surface area (Å²) >= 11 is 0. The summed E-state index contributed by atoms with van der Waals surface area (Å²) in [4.78, 5) is 16.7. The fraction of sp³-hybridized carbons (Fsp3) is 0.125. The summed E-state index contributed by atoms with van der Waals surface area (Å²) in [6, 6.07) is 16.0. The van der Waals surface area contributed by atoms with Gasteiger partial charge in [0, 0.05) is 0 Å². The van der Waals surface area contributed by atoms with Gasteiger partial charge in [0.05, 0.1) is 22.8 Å². The smallest absolute Gasteiger partial charge is 0.257 e. The molecule has 1 amide bonds. The molecule has 1 N–H and O–H groups in total. The van der Waals surface area contributed by atoms with Gasteiger partial charge in [0.25, 0.3) is 5.91 Å². The molecule has 3 rings (SSSR count). The second kappa shape index (κ2) is 5.66. The van der Waals surface area contributed by atoms with E-state index >= 15 is 0 Å². The van der Waals surface area contributed by atoms with Gasteiger partial charge in [-0.2, -0.15) is 10.2 Å². The first-order valence-electron chi connectivity index (χ1n) is 6.65. The minimum absolute atomic E-state index is 0.221. The number of azo groups is 1. The number of carbonyl (C=O) groups is 1. The summed E-state index contributed by atoms with van der Waals surface area (Å²) in [5.74, 6) is -0.221. The Bertz CT molecular complexity index is 722. The fourth-order valence-electron chi connectivity index (χ4n) is 2.07. The number of hydrogen-bond donors (Lipinski definition) is 1. The number of nitrogens with one attached hydrogen (secondary N) is 1. The molecule has 1 unspecified atom stereocenters. The Labute approximate surface area is 122 Å². The maximum atomic E-state index is 12.3. The van der Waals surface area contributed by atoms with Gasteiger partial charge in [-0.05, 0) is 31.2 Å². The van der Waals surface area contributed by atoms with Crippen LogP contribution in [0.1, 0.15) is 6.92 Å². The van der Waals surface area contributed by atoms with Gasteiger partial charge in [-0.1, -0.05) is 30.3 Å². The molecule has 0 saturated carbocycles. The highest BCUT2D eigenvalue weighted by Gasteiger charge is 2.25. The van der Waals surface area contributed by atoms with Crippen molar-refractivity contribution in [2.75, 3.05) is 5.32 Å². The number of para-hydroxylation sites is 2. The molecule has 1 atom stereocenters. The third kappa shape index (κ3) is 2.86. The van der Waals surface area contributed by atoms with Gasteiger partial charge in [-0.15, -0.1) is 0 Å². The second-order valence-electron chi connectivity index (χ2n) is 4.71. The first-order valence-corrected chi connectivity index (χ1v) is 6.65. The molecule has 1 aliphatic heterocycles. The highest BCUT2D eigenvalue weighted by Crippen LogP contribution is 2.28. The van der Waals surface area contributed by atoms with Gasteiger partial charge < -0.3 is 5.32 Å². The van der Waals surface area contributed by atoms with Crippen LogP contribution in [0.2, 0.25) is 0 Å². The molecular weight excluding hydrogens is 264 g/mol. The van der Waals surface area contributed by atoms with Crippen LogP contribution in [0.4, 0.5) is 17.1 Å². The number of nitrogens with zero attached hydrogens (tertiary/aromatic N) is 3. The predicted octanol–water partition coefficient (Wildman–Crippen LogP) is 3.88. The van der Waals surface area contributed by atoms with E-state index in [-0.39, 0.29) is 5.91 Å². The number of aliphatic imine (C=N–C) groups is 1. The maximum absolute atomic E-state index is 12.3. The lowest BCUT2D eigenvalue weighted by Crippen LogP contribution is -2.30. The topological polar surface area (TPSA) is 66.2 Å². The maximum Gasteiger partial charge on any atom is 0.257 e. The first-order chi connectivity index (χ1) is 10.2. The van der Waals surface area contributed by atoms with Crippen molar-refractivity contribution < 1.29 is 4.79 Å². The van der Waals surface area contributed by atoms with Crippen LogP contribution in [0.5, 0.6) is 0 Å². The van der Waals surface area contributed by atoms with Crippen LogP contribution < -0.4 is 5.32 Å². The van der Waals surface area contributed by atoms with Crippen molar-refractivity contribution >= 4 is 28.7 Å². The Balaban J connectivity index is 1.90. The van der Waals surface area contributed by atoms with Gasteiger partial charge >= 0.3 is 0 Å². The van der Waals surface area contributed by atoms with Crippen molar-refractivity contribution in [2.24, 2.45) is 15.2 Å². The molecule has 0 bridgehead atoms. The van der Waals surface area contributed by atoms with E-state index < -0.39 is 6.04 Å². The Morgan fingerprint density at radius 2 is 1.76 bits per heavy atom. The van der Waals surface area contributed by atoms with E-state index in [2.05, 4.69) is 20.5 Å². The quantitative estimate of drug-likeness (QED) is 0.832. The van der Waals surface area contributed by atoms with Crippen LogP contribution in [0.15, 0.2) is 69.8 Å². The van der Waals surface area contributed by atoms with Gasteiger partial charge in [-0.3, -0.25) is 9.79 Å².